The Labute approximate surface area is 97.4 Å². The highest BCUT2D eigenvalue weighted by Crippen LogP contribution is 2.15. The van der Waals surface area contributed by atoms with Crippen molar-refractivity contribution in [1.82, 2.24) is 4.98 Å². The standard InChI is InChI=1S/C12H21N3O/c1-10(2)9-15(6-7-16-3)11-4-5-12(13)14-8-11/h4-5,8,10H,6-7,9H2,1-3H3,(H2,13,14). The zero-order chi connectivity index (χ0) is 12.0. The molecular weight excluding hydrogens is 202 g/mol. The van der Waals surface area contributed by atoms with Crippen LogP contribution in [0.5, 0.6) is 0 Å². The topological polar surface area (TPSA) is 51.4 Å². The van der Waals surface area contributed by atoms with Crippen LogP contribution in [0, 0.1) is 5.92 Å². The van der Waals surface area contributed by atoms with Crippen LogP contribution < -0.4 is 10.6 Å². The average molecular weight is 223 g/mol. The fraction of sp³-hybridized carbons (Fsp3) is 0.583. The van der Waals surface area contributed by atoms with E-state index in [2.05, 4.69) is 23.7 Å². The number of rotatable bonds is 6. The van der Waals surface area contributed by atoms with Crippen molar-refractivity contribution in [3.05, 3.63) is 18.3 Å². The minimum atomic E-state index is 0.556. The lowest BCUT2D eigenvalue weighted by Gasteiger charge is -2.26. The van der Waals surface area contributed by atoms with Gasteiger partial charge in [-0.3, -0.25) is 0 Å². The summed E-state index contributed by atoms with van der Waals surface area (Å²) in [6.45, 7) is 6.99. The summed E-state index contributed by atoms with van der Waals surface area (Å²) in [4.78, 5) is 6.38. The van der Waals surface area contributed by atoms with Gasteiger partial charge < -0.3 is 15.4 Å². The van der Waals surface area contributed by atoms with Gasteiger partial charge in [-0.05, 0) is 18.1 Å². The largest absolute Gasteiger partial charge is 0.384 e. The van der Waals surface area contributed by atoms with Crippen LogP contribution in [0.4, 0.5) is 11.5 Å². The quantitative estimate of drug-likeness (QED) is 0.798. The van der Waals surface area contributed by atoms with E-state index in [1.165, 1.54) is 0 Å². The molecule has 0 aromatic carbocycles. The number of nitrogens with two attached hydrogens (primary N) is 1. The number of nitrogens with zero attached hydrogens (tertiary/aromatic N) is 2. The highest BCUT2D eigenvalue weighted by atomic mass is 16.5. The molecule has 1 aromatic heterocycles. The number of ether oxygens (including phenoxy) is 1. The van der Waals surface area contributed by atoms with Gasteiger partial charge in [0.25, 0.3) is 0 Å². The number of aromatic nitrogens is 1. The van der Waals surface area contributed by atoms with Crippen LogP contribution in [-0.4, -0.2) is 31.8 Å². The van der Waals surface area contributed by atoms with Gasteiger partial charge in [-0.15, -0.1) is 0 Å². The third kappa shape index (κ3) is 4.06. The van der Waals surface area contributed by atoms with Crippen molar-refractivity contribution in [2.75, 3.05) is 37.4 Å². The molecule has 4 heteroatoms. The van der Waals surface area contributed by atoms with Crippen molar-refractivity contribution < 1.29 is 4.74 Å². The molecule has 0 atom stereocenters. The molecule has 1 heterocycles. The number of methoxy groups -OCH3 is 1. The first-order valence-electron chi connectivity index (χ1n) is 5.59. The van der Waals surface area contributed by atoms with E-state index >= 15 is 0 Å². The molecule has 1 aromatic rings. The minimum Gasteiger partial charge on any atom is -0.384 e. The molecule has 0 fully saturated rings. The Hall–Kier alpha value is -1.29. The summed E-state index contributed by atoms with van der Waals surface area (Å²) in [6, 6.07) is 3.83. The normalized spacial score (nSPS) is 10.8. The Morgan fingerprint density at radius 3 is 2.69 bits per heavy atom. The van der Waals surface area contributed by atoms with Crippen LogP contribution in [0.2, 0.25) is 0 Å². The lowest BCUT2D eigenvalue weighted by molar-refractivity contribution is 0.204. The Kier molecular flexibility index (Phi) is 5.05. The van der Waals surface area contributed by atoms with Gasteiger partial charge in [0.1, 0.15) is 5.82 Å². The molecule has 90 valence electrons. The van der Waals surface area contributed by atoms with E-state index in [4.69, 9.17) is 10.5 Å². The van der Waals surface area contributed by atoms with Crippen LogP contribution in [0.25, 0.3) is 0 Å². The summed E-state index contributed by atoms with van der Waals surface area (Å²) in [5, 5.41) is 0. The number of hydrogen-bond donors (Lipinski definition) is 1. The summed E-state index contributed by atoms with van der Waals surface area (Å²) < 4.78 is 5.11. The van der Waals surface area contributed by atoms with Crippen LogP contribution in [0.1, 0.15) is 13.8 Å². The zero-order valence-electron chi connectivity index (χ0n) is 10.3. The van der Waals surface area contributed by atoms with Gasteiger partial charge in [-0.25, -0.2) is 4.98 Å². The maximum absolute atomic E-state index is 5.57. The number of nitrogen functional groups attached to an aromatic ring is 1. The first kappa shape index (κ1) is 12.8. The molecule has 0 aliphatic rings. The van der Waals surface area contributed by atoms with Gasteiger partial charge in [0, 0.05) is 20.2 Å². The number of anilines is 2. The molecule has 1 rings (SSSR count). The SMILES string of the molecule is COCCN(CC(C)C)c1ccc(N)nc1. The van der Waals surface area contributed by atoms with Crippen molar-refractivity contribution in [1.29, 1.82) is 0 Å². The van der Waals surface area contributed by atoms with Gasteiger partial charge in [-0.1, -0.05) is 13.8 Å². The van der Waals surface area contributed by atoms with Gasteiger partial charge in [0.2, 0.25) is 0 Å². The molecule has 0 aliphatic heterocycles. The summed E-state index contributed by atoms with van der Waals surface area (Å²) in [7, 11) is 1.72. The first-order valence-corrected chi connectivity index (χ1v) is 5.59. The van der Waals surface area contributed by atoms with Crippen molar-refractivity contribution in [3.63, 3.8) is 0 Å². The second-order valence-corrected chi connectivity index (χ2v) is 4.27. The summed E-state index contributed by atoms with van der Waals surface area (Å²) in [5.41, 5.74) is 6.67. The Morgan fingerprint density at radius 1 is 1.44 bits per heavy atom. The highest BCUT2D eigenvalue weighted by molar-refractivity contribution is 5.47. The smallest absolute Gasteiger partial charge is 0.123 e. The monoisotopic (exact) mass is 223 g/mol. The Balaban J connectivity index is 2.70. The van der Waals surface area contributed by atoms with Crippen molar-refractivity contribution in [2.45, 2.75) is 13.8 Å². The molecule has 4 nitrogen and oxygen atoms in total. The van der Waals surface area contributed by atoms with E-state index in [9.17, 15) is 0 Å². The zero-order valence-corrected chi connectivity index (χ0v) is 10.3. The summed E-state index contributed by atoms with van der Waals surface area (Å²) in [6.07, 6.45) is 1.81. The van der Waals surface area contributed by atoms with Gasteiger partial charge in [-0.2, -0.15) is 0 Å². The third-order valence-corrected chi connectivity index (χ3v) is 2.29. The Morgan fingerprint density at radius 2 is 2.19 bits per heavy atom. The highest BCUT2D eigenvalue weighted by Gasteiger charge is 2.08. The van der Waals surface area contributed by atoms with Crippen LogP contribution in [-0.2, 0) is 4.74 Å². The van der Waals surface area contributed by atoms with E-state index in [1.807, 2.05) is 18.3 Å². The van der Waals surface area contributed by atoms with Gasteiger partial charge in [0.15, 0.2) is 0 Å². The minimum absolute atomic E-state index is 0.556. The maximum Gasteiger partial charge on any atom is 0.123 e. The Bertz CT molecular complexity index is 298. The lowest BCUT2D eigenvalue weighted by Crippen LogP contribution is -2.31. The molecule has 2 N–H and O–H groups in total. The number of pyridine rings is 1. The predicted molar refractivity (Wildman–Crippen MR) is 67.6 cm³/mol. The van der Waals surface area contributed by atoms with E-state index in [0.29, 0.717) is 11.7 Å². The molecule has 16 heavy (non-hydrogen) atoms. The van der Waals surface area contributed by atoms with E-state index < -0.39 is 0 Å². The second-order valence-electron chi connectivity index (χ2n) is 4.27. The van der Waals surface area contributed by atoms with Crippen LogP contribution in [0.3, 0.4) is 0 Å². The molecule has 0 saturated heterocycles. The summed E-state index contributed by atoms with van der Waals surface area (Å²) >= 11 is 0. The molecule has 0 saturated carbocycles. The average Bonchev–Trinajstić information content (AvgIpc) is 2.25. The fourth-order valence-corrected chi connectivity index (χ4v) is 1.55. The predicted octanol–water partition coefficient (Wildman–Crippen LogP) is 1.77. The van der Waals surface area contributed by atoms with Crippen molar-refractivity contribution >= 4 is 11.5 Å². The molecule has 0 spiro atoms. The molecule has 0 amide bonds. The molecule has 0 aliphatic carbocycles. The van der Waals surface area contributed by atoms with Gasteiger partial charge >= 0.3 is 0 Å². The molecule has 0 unspecified atom stereocenters. The summed E-state index contributed by atoms with van der Waals surface area (Å²) in [5.74, 6) is 1.16. The maximum atomic E-state index is 5.57. The lowest BCUT2D eigenvalue weighted by atomic mass is 10.2. The van der Waals surface area contributed by atoms with Crippen LogP contribution >= 0.6 is 0 Å². The second kappa shape index (κ2) is 6.33. The first-order chi connectivity index (χ1) is 7.63. The molecule has 0 radical (unpaired) electrons. The van der Waals surface area contributed by atoms with Crippen LogP contribution in [0.15, 0.2) is 18.3 Å². The van der Waals surface area contributed by atoms with Gasteiger partial charge in [0.05, 0.1) is 18.5 Å². The fourth-order valence-electron chi connectivity index (χ4n) is 1.55. The molecular formula is C12H21N3O. The third-order valence-electron chi connectivity index (χ3n) is 2.29. The van der Waals surface area contributed by atoms with E-state index in [-0.39, 0.29) is 0 Å². The van der Waals surface area contributed by atoms with E-state index in [0.717, 1.165) is 25.4 Å². The number of hydrogen-bond acceptors (Lipinski definition) is 4. The van der Waals surface area contributed by atoms with Crippen molar-refractivity contribution in [3.8, 4) is 0 Å². The molecule has 0 bridgehead atoms. The van der Waals surface area contributed by atoms with Crippen molar-refractivity contribution in [2.24, 2.45) is 5.92 Å². The van der Waals surface area contributed by atoms with E-state index in [1.54, 1.807) is 7.11 Å².